The number of hydrogen-bond donors (Lipinski definition) is 2. The Morgan fingerprint density at radius 3 is 2.03 bits per heavy atom. The SMILES string of the molecule is CCCCCCCCCCCNC(=O)C(C)=C[C@H](C(C)C)N(C)C(=O)CNC=O. The number of likely N-dealkylation sites (N-methyl/N-ethyl adjacent to an activating group) is 1. The number of nitrogens with one attached hydrogen (secondary N) is 2. The molecular formula is C23H43N3O3. The number of unbranched alkanes of at least 4 members (excludes halogenated alkanes) is 8. The van der Waals surface area contributed by atoms with Crippen LogP contribution in [0.25, 0.3) is 0 Å². The molecule has 168 valence electrons. The number of carbonyl (C=O) groups is 3. The van der Waals surface area contributed by atoms with Crippen molar-refractivity contribution in [2.45, 2.75) is 91.5 Å². The molecule has 0 aromatic heterocycles. The maximum absolute atomic E-state index is 12.4. The summed E-state index contributed by atoms with van der Waals surface area (Å²) in [6.07, 6.45) is 13.7. The molecular weight excluding hydrogens is 366 g/mol. The van der Waals surface area contributed by atoms with Crippen LogP contribution in [-0.4, -0.2) is 49.3 Å². The fraction of sp³-hybridized carbons (Fsp3) is 0.783. The topological polar surface area (TPSA) is 78.5 Å². The molecule has 0 aromatic rings. The maximum atomic E-state index is 12.4. The molecule has 0 saturated heterocycles. The summed E-state index contributed by atoms with van der Waals surface area (Å²) in [5.41, 5.74) is 0.614. The van der Waals surface area contributed by atoms with Crippen LogP contribution < -0.4 is 10.6 Å². The van der Waals surface area contributed by atoms with Crippen LogP contribution >= 0.6 is 0 Å². The predicted octanol–water partition coefficient (Wildman–Crippen LogP) is 3.81. The highest BCUT2D eigenvalue weighted by molar-refractivity contribution is 5.93. The maximum Gasteiger partial charge on any atom is 0.246 e. The van der Waals surface area contributed by atoms with E-state index in [4.69, 9.17) is 0 Å². The van der Waals surface area contributed by atoms with Crippen molar-refractivity contribution < 1.29 is 14.4 Å². The van der Waals surface area contributed by atoms with Crippen molar-refractivity contribution in [1.29, 1.82) is 0 Å². The van der Waals surface area contributed by atoms with E-state index < -0.39 is 0 Å². The zero-order chi connectivity index (χ0) is 22.1. The first-order chi connectivity index (χ1) is 13.8. The van der Waals surface area contributed by atoms with Crippen molar-refractivity contribution in [3.63, 3.8) is 0 Å². The van der Waals surface area contributed by atoms with Gasteiger partial charge in [0.1, 0.15) is 0 Å². The second kappa shape index (κ2) is 17.0. The molecule has 6 heteroatoms. The van der Waals surface area contributed by atoms with Gasteiger partial charge >= 0.3 is 0 Å². The standard InChI is InChI=1S/C23H43N3O3/c1-6-7-8-9-10-11-12-13-14-15-25-23(29)20(4)16-21(19(2)3)26(5)22(28)17-24-18-27/h16,18-19,21H,6-15,17H2,1-5H3,(H,24,27)(H,25,29)/t21-/m1/s1. The average Bonchev–Trinajstić information content (AvgIpc) is 2.70. The van der Waals surface area contributed by atoms with Crippen LogP contribution in [0.3, 0.4) is 0 Å². The number of hydrogen-bond acceptors (Lipinski definition) is 3. The monoisotopic (exact) mass is 409 g/mol. The molecule has 3 amide bonds. The van der Waals surface area contributed by atoms with E-state index in [1.165, 1.54) is 44.9 Å². The highest BCUT2D eigenvalue weighted by Crippen LogP contribution is 2.14. The van der Waals surface area contributed by atoms with Gasteiger partial charge < -0.3 is 15.5 Å². The Balaban J connectivity index is 4.27. The molecule has 0 radical (unpaired) electrons. The summed E-state index contributed by atoms with van der Waals surface area (Å²) in [6, 6.07) is -0.200. The van der Waals surface area contributed by atoms with Gasteiger partial charge in [0.2, 0.25) is 18.2 Å². The van der Waals surface area contributed by atoms with E-state index >= 15 is 0 Å². The van der Waals surface area contributed by atoms with Crippen molar-refractivity contribution in [1.82, 2.24) is 15.5 Å². The fourth-order valence-corrected chi connectivity index (χ4v) is 3.28. The van der Waals surface area contributed by atoms with Crippen molar-refractivity contribution in [2.75, 3.05) is 20.1 Å². The van der Waals surface area contributed by atoms with Crippen LogP contribution in [0.15, 0.2) is 11.6 Å². The van der Waals surface area contributed by atoms with Gasteiger partial charge in [-0.25, -0.2) is 0 Å². The van der Waals surface area contributed by atoms with Gasteiger partial charge in [-0.1, -0.05) is 78.2 Å². The lowest BCUT2D eigenvalue weighted by Gasteiger charge is -2.29. The van der Waals surface area contributed by atoms with Gasteiger partial charge in [0.25, 0.3) is 0 Å². The van der Waals surface area contributed by atoms with E-state index in [-0.39, 0.29) is 30.3 Å². The molecule has 0 spiro atoms. The van der Waals surface area contributed by atoms with Gasteiger partial charge in [-0.3, -0.25) is 14.4 Å². The molecule has 2 N–H and O–H groups in total. The molecule has 0 aliphatic carbocycles. The number of carbonyl (C=O) groups excluding carboxylic acids is 3. The minimum Gasteiger partial charge on any atom is -0.352 e. The summed E-state index contributed by atoms with van der Waals surface area (Å²) in [5, 5.41) is 5.37. The lowest BCUT2D eigenvalue weighted by atomic mass is 9.99. The van der Waals surface area contributed by atoms with Gasteiger partial charge in [-0.15, -0.1) is 0 Å². The van der Waals surface area contributed by atoms with Gasteiger partial charge in [-0.05, 0) is 19.3 Å². The molecule has 0 heterocycles. The Morgan fingerprint density at radius 2 is 1.52 bits per heavy atom. The number of rotatable bonds is 17. The molecule has 0 fully saturated rings. The zero-order valence-corrected chi connectivity index (χ0v) is 19.3. The summed E-state index contributed by atoms with van der Waals surface area (Å²) >= 11 is 0. The smallest absolute Gasteiger partial charge is 0.246 e. The Hall–Kier alpha value is -1.85. The fourth-order valence-electron chi connectivity index (χ4n) is 3.28. The van der Waals surface area contributed by atoms with E-state index in [2.05, 4.69) is 17.6 Å². The van der Waals surface area contributed by atoms with Gasteiger partial charge in [0.05, 0.1) is 12.6 Å². The molecule has 0 bridgehead atoms. The Kier molecular flexibility index (Phi) is 16.0. The number of nitrogens with zero attached hydrogens (tertiary/aromatic N) is 1. The summed E-state index contributed by atoms with van der Waals surface area (Å²) in [4.78, 5) is 36.5. The summed E-state index contributed by atoms with van der Waals surface area (Å²) in [5.74, 6) is -0.114. The molecule has 1 atom stereocenters. The van der Waals surface area contributed by atoms with Crippen LogP contribution in [-0.2, 0) is 14.4 Å². The summed E-state index contributed by atoms with van der Waals surface area (Å²) in [7, 11) is 1.70. The van der Waals surface area contributed by atoms with Crippen LogP contribution in [0.2, 0.25) is 0 Å². The summed E-state index contributed by atoms with van der Waals surface area (Å²) < 4.78 is 0. The third-order valence-electron chi connectivity index (χ3n) is 5.21. The highest BCUT2D eigenvalue weighted by Gasteiger charge is 2.22. The minimum absolute atomic E-state index is 0.0408. The van der Waals surface area contributed by atoms with E-state index in [0.717, 1.165) is 12.8 Å². The van der Waals surface area contributed by atoms with Gasteiger partial charge in [-0.2, -0.15) is 0 Å². The molecule has 0 unspecified atom stereocenters. The molecule has 0 aliphatic rings. The normalized spacial score (nSPS) is 12.6. The Bertz CT molecular complexity index is 504. The molecule has 6 nitrogen and oxygen atoms in total. The molecule has 29 heavy (non-hydrogen) atoms. The van der Waals surface area contributed by atoms with Crippen LogP contribution in [0.4, 0.5) is 0 Å². The van der Waals surface area contributed by atoms with Gasteiger partial charge in [0, 0.05) is 19.2 Å². The molecule has 0 aliphatic heterocycles. The Morgan fingerprint density at radius 1 is 0.966 bits per heavy atom. The Labute approximate surface area is 177 Å². The molecule has 0 rings (SSSR count). The third-order valence-corrected chi connectivity index (χ3v) is 5.21. The zero-order valence-electron chi connectivity index (χ0n) is 19.3. The van der Waals surface area contributed by atoms with E-state index in [0.29, 0.717) is 18.5 Å². The van der Waals surface area contributed by atoms with Crippen molar-refractivity contribution in [3.05, 3.63) is 11.6 Å². The van der Waals surface area contributed by atoms with Crippen LogP contribution in [0.5, 0.6) is 0 Å². The van der Waals surface area contributed by atoms with Crippen molar-refractivity contribution in [3.8, 4) is 0 Å². The lowest BCUT2D eigenvalue weighted by Crippen LogP contribution is -2.43. The minimum atomic E-state index is -0.200. The van der Waals surface area contributed by atoms with Crippen LogP contribution in [0.1, 0.15) is 85.5 Å². The second-order valence-electron chi connectivity index (χ2n) is 8.17. The molecule has 0 saturated carbocycles. The van der Waals surface area contributed by atoms with Crippen molar-refractivity contribution in [2.24, 2.45) is 5.92 Å². The highest BCUT2D eigenvalue weighted by atomic mass is 16.2. The third kappa shape index (κ3) is 13.1. The lowest BCUT2D eigenvalue weighted by molar-refractivity contribution is -0.132. The molecule has 0 aromatic carbocycles. The average molecular weight is 410 g/mol. The van der Waals surface area contributed by atoms with E-state index in [9.17, 15) is 14.4 Å². The predicted molar refractivity (Wildman–Crippen MR) is 119 cm³/mol. The van der Waals surface area contributed by atoms with Crippen LogP contribution in [0, 0.1) is 5.92 Å². The number of amides is 3. The van der Waals surface area contributed by atoms with E-state index in [1.807, 2.05) is 19.9 Å². The first kappa shape index (κ1) is 27.1. The largest absolute Gasteiger partial charge is 0.352 e. The van der Waals surface area contributed by atoms with Gasteiger partial charge in [0.15, 0.2) is 0 Å². The first-order valence-corrected chi connectivity index (χ1v) is 11.2. The first-order valence-electron chi connectivity index (χ1n) is 11.2. The quantitative estimate of drug-likeness (QED) is 0.218. The second-order valence-corrected chi connectivity index (χ2v) is 8.17. The van der Waals surface area contributed by atoms with Crippen molar-refractivity contribution >= 4 is 18.2 Å². The van der Waals surface area contributed by atoms with E-state index in [1.54, 1.807) is 18.9 Å². The summed E-state index contributed by atoms with van der Waals surface area (Å²) in [6.45, 7) is 8.67.